The number of nitrogens with zero attached hydrogens (tertiary/aromatic N) is 2. The molecular formula is C15H27BrN2O2. The minimum Gasteiger partial charge on any atom is -0.333 e. The normalized spacial score (nSPS) is 17.0. The van der Waals surface area contributed by atoms with Gasteiger partial charge in [-0.2, -0.15) is 0 Å². The summed E-state index contributed by atoms with van der Waals surface area (Å²) in [5.41, 5.74) is 0.105. The molecule has 0 aromatic carbocycles. The van der Waals surface area contributed by atoms with Crippen LogP contribution in [0.4, 0.5) is 0 Å². The van der Waals surface area contributed by atoms with E-state index in [1.54, 1.807) is 9.80 Å². The van der Waals surface area contributed by atoms with Crippen LogP contribution in [0.1, 0.15) is 46.5 Å². The Morgan fingerprint density at radius 3 is 1.95 bits per heavy atom. The second-order valence-corrected chi connectivity index (χ2v) is 6.31. The highest BCUT2D eigenvalue weighted by Crippen LogP contribution is 2.33. The first-order chi connectivity index (χ1) is 9.53. The summed E-state index contributed by atoms with van der Waals surface area (Å²) in [5.74, 6) is -0.661. The number of halogens is 1. The van der Waals surface area contributed by atoms with Gasteiger partial charge < -0.3 is 9.80 Å². The van der Waals surface area contributed by atoms with Gasteiger partial charge in [0.2, 0.25) is 0 Å². The van der Waals surface area contributed by atoms with Crippen LogP contribution in [0.25, 0.3) is 0 Å². The van der Waals surface area contributed by atoms with Crippen molar-refractivity contribution in [1.82, 2.24) is 9.80 Å². The van der Waals surface area contributed by atoms with Crippen molar-refractivity contribution in [3.63, 3.8) is 0 Å². The molecule has 1 aliphatic heterocycles. The first-order valence-electron chi connectivity index (χ1n) is 7.67. The first-order valence-corrected chi connectivity index (χ1v) is 8.79. The summed E-state index contributed by atoms with van der Waals surface area (Å²) in [7, 11) is 0. The van der Waals surface area contributed by atoms with Crippen molar-refractivity contribution in [2.75, 3.05) is 31.5 Å². The molecular weight excluding hydrogens is 320 g/mol. The molecule has 5 heteroatoms. The Morgan fingerprint density at radius 1 is 1.00 bits per heavy atom. The molecule has 0 radical (unpaired) electrons. The van der Waals surface area contributed by atoms with Gasteiger partial charge in [0, 0.05) is 31.5 Å². The van der Waals surface area contributed by atoms with E-state index in [-0.39, 0.29) is 17.2 Å². The minimum atomic E-state index is -0.338. The van der Waals surface area contributed by atoms with Gasteiger partial charge in [-0.1, -0.05) is 42.6 Å². The summed E-state index contributed by atoms with van der Waals surface area (Å²) in [6.45, 7) is 8.91. The Balaban J connectivity index is 2.78. The highest BCUT2D eigenvalue weighted by Gasteiger charge is 2.37. The van der Waals surface area contributed by atoms with E-state index < -0.39 is 0 Å². The van der Waals surface area contributed by atoms with Gasteiger partial charge >= 0.3 is 11.8 Å². The molecule has 1 fully saturated rings. The Bertz CT molecular complexity index is 341. The number of hydrogen-bond acceptors (Lipinski definition) is 2. The van der Waals surface area contributed by atoms with Crippen LogP contribution in [-0.2, 0) is 9.59 Å². The Hall–Kier alpha value is -0.580. The lowest BCUT2D eigenvalue weighted by molar-refractivity contribution is -0.157. The molecule has 0 bridgehead atoms. The molecule has 0 aromatic heterocycles. The smallest absolute Gasteiger partial charge is 0.312 e. The molecule has 0 saturated carbocycles. The van der Waals surface area contributed by atoms with Crippen LogP contribution in [0.3, 0.4) is 0 Å². The molecule has 0 unspecified atom stereocenters. The molecule has 0 aliphatic carbocycles. The third-order valence-electron chi connectivity index (χ3n) is 4.15. The molecule has 116 valence electrons. The average molecular weight is 347 g/mol. The fourth-order valence-electron chi connectivity index (χ4n) is 3.09. The maximum atomic E-state index is 12.2. The third kappa shape index (κ3) is 3.96. The van der Waals surface area contributed by atoms with E-state index in [4.69, 9.17) is 0 Å². The predicted octanol–water partition coefficient (Wildman–Crippen LogP) is 2.66. The molecule has 1 rings (SSSR count). The third-order valence-corrected chi connectivity index (χ3v) is 5.34. The number of amides is 2. The van der Waals surface area contributed by atoms with Crippen molar-refractivity contribution in [2.45, 2.75) is 46.5 Å². The van der Waals surface area contributed by atoms with Crippen molar-refractivity contribution < 1.29 is 9.59 Å². The highest BCUT2D eigenvalue weighted by atomic mass is 79.9. The average Bonchev–Trinajstić information content (AvgIpc) is 2.44. The minimum absolute atomic E-state index is 0.105. The van der Waals surface area contributed by atoms with Crippen LogP contribution in [0.2, 0.25) is 0 Å². The van der Waals surface area contributed by atoms with Crippen molar-refractivity contribution in [3.8, 4) is 0 Å². The van der Waals surface area contributed by atoms with Crippen LogP contribution in [0, 0.1) is 5.41 Å². The van der Waals surface area contributed by atoms with Gasteiger partial charge in [-0.3, -0.25) is 9.59 Å². The maximum absolute atomic E-state index is 12.2. The zero-order valence-corrected chi connectivity index (χ0v) is 14.5. The molecule has 0 spiro atoms. The van der Waals surface area contributed by atoms with E-state index in [2.05, 4.69) is 29.8 Å². The lowest BCUT2D eigenvalue weighted by atomic mass is 9.80. The highest BCUT2D eigenvalue weighted by molar-refractivity contribution is 9.09. The van der Waals surface area contributed by atoms with Gasteiger partial charge in [-0.15, -0.1) is 0 Å². The molecule has 1 saturated heterocycles. The van der Waals surface area contributed by atoms with Crippen molar-refractivity contribution in [1.29, 1.82) is 0 Å². The molecule has 4 nitrogen and oxygen atoms in total. The fourth-order valence-corrected chi connectivity index (χ4v) is 3.83. The molecule has 20 heavy (non-hydrogen) atoms. The largest absolute Gasteiger partial charge is 0.333 e. The number of rotatable bonds is 8. The van der Waals surface area contributed by atoms with E-state index >= 15 is 0 Å². The zero-order valence-electron chi connectivity index (χ0n) is 13.0. The van der Waals surface area contributed by atoms with E-state index in [9.17, 15) is 9.59 Å². The quantitative estimate of drug-likeness (QED) is 0.500. The van der Waals surface area contributed by atoms with Crippen LogP contribution >= 0.6 is 15.9 Å². The fraction of sp³-hybridized carbons (Fsp3) is 0.867. The summed E-state index contributed by atoms with van der Waals surface area (Å²) in [4.78, 5) is 27.6. The van der Waals surface area contributed by atoms with Crippen LogP contribution in [-0.4, -0.2) is 53.1 Å². The molecule has 2 amide bonds. The summed E-state index contributed by atoms with van der Waals surface area (Å²) >= 11 is 3.63. The lowest BCUT2D eigenvalue weighted by Crippen LogP contribution is -2.56. The zero-order chi connectivity index (χ0) is 15.2. The molecule has 1 heterocycles. The van der Waals surface area contributed by atoms with Crippen molar-refractivity contribution >= 4 is 27.7 Å². The second kappa shape index (κ2) is 8.01. The van der Waals surface area contributed by atoms with Gasteiger partial charge in [0.25, 0.3) is 0 Å². The van der Waals surface area contributed by atoms with Gasteiger partial charge in [0.05, 0.1) is 0 Å². The summed E-state index contributed by atoms with van der Waals surface area (Å²) in [5, 5.41) is 0.886. The van der Waals surface area contributed by atoms with Crippen molar-refractivity contribution in [2.24, 2.45) is 5.41 Å². The summed E-state index contributed by atoms with van der Waals surface area (Å²) in [6, 6.07) is 0. The number of hydrogen-bond donors (Lipinski definition) is 0. The molecule has 0 N–H and O–H groups in total. The van der Waals surface area contributed by atoms with Gasteiger partial charge in [0.15, 0.2) is 0 Å². The van der Waals surface area contributed by atoms with Crippen LogP contribution in [0.15, 0.2) is 0 Å². The predicted molar refractivity (Wildman–Crippen MR) is 84.9 cm³/mol. The van der Waals surface area contributed by atoms with E-state index in [0.29, 0.717) is 26.2 Å². The van der Waals surface area contributed by atoms with Gasteiger partial charge in [0.1, 0.15) is 0 Å². The Labute approximate surface area is 131 Å². The van der Waals surface area contributed by atoms with Gasteiger partial charge in [-0.05, 0) is 25.2 Å². The van der Waals surface area contributed by atoms with Gasteiger partial charge in [-0.25, -0.2) is 0 Å². The number of alkyl halides is 1. The summed E-state index contributed by atoms with van der Waals surface area (Å²) < 4.78 is 0. The SMILES string of the molecule is CCCC(CBr)(CCC)CN1CCN(CC)C(=O)C1=O. The molecule has 0 atom stereocenters. The van der Waals surface area contributed by atoms with Crippen molar-refractivity contribution in [3.05, 3.63) is 0 Å². The van der Waals surface area contributed by atoms with Crippen LogP contribution < -0.4 is 0 Å². The summed E-state index contributed by atoms with van der Waals surface area (Å²) in [6.07, 6.45) is 4.37. The number of piperazine rings is 1. The molecule has 1 aliphatic rings. The lowest BCUT2D eigenvalue weighted by Gasteiger charge is -2.40. The number of carbonyl (C=O) groups excluding carboxylic acids is 2. The maximum Gasteiger partial charge on any atom is 0.312 e. The molecule has 0 aromatic rings. The number of carbonyl (C=O) groups is 2. The van der Waals surface area contributed by atoms with E-state index in [1.807, 2.05) is 6.92 Å². The standard InChI is InChI=1S/C15H27BrN2O2/c1-4-7-15(11-16,8-5-2)12-18-10-9-17(6-3)13(19)14(18)20/h4-12H2,1-3H3. The number of likely N-dealkylation sites (N-methyl/N-ethyl adjacent to an activating group) is 1. The first kappa shape index (κ1) is 17.5. The van der Waals surface area contributed by atoms with Crippen LogP contribution in [0.5, 0.6) is 0 Å². The second-order valence-electron chi connectivity index (χ2n) is 5.75. The Morgan fingerprint density at radius 2 is 1.50 bits per heavy atom. The Kier molecular flexibility index (Phi) is 7.00. The van der Waals surface area contributed by atoms with E-state index in [1.165, 1.54) is 0 Å². The monoisotopic (exact) mass is 346 g/mol. The van der Waals surface area contributed by atoms with E-state index in [0.717, 1.165) is 31.0 Å². The topological polar surface area (TPSA) is 40.6 Å².